The predicted molar refractivity (Wildman–Crippen MR) is 106 cm³/mol. The van der Waals surface area contributed by atoms with Crippen LogP contribution in [-0.2, 0) is 20.2 Å². The summed E-state index contributed by atoms with van der Waals surface area (Å²) < 4.78 is 37.0. The summed E-state index contributed by atoms with van der Waals surface area (Å²) in [6, 6.07) is 7.77. The number of nitrogens with zero attached hydrogens (tertiary/aromatic N) is 2. The summed E-state index contributed by atoms with van der Waals surface area (Å²) in [7, 11) is -4.58. The van der Waals surface area contributed by atoms with Gasteiger partial charge in [-0.2, -0.15) is 13.5 Å². The average Bonchev–Trinajstić information content (AvgIpc) is 3.41. The second-order valence-electron chi connectivity index (χ2n) is 7.28. The van der Waals surface area contributed by atoms with E-state index < -0.39 is 16.0 Å². The van der Waals surface area contributed by atoms with Crippen molar-refractivity contribution in [3.8, 4) is 11.3 Å². The number of aromatic amines is 1. The van der Waals surface area contributed by atoms with Crippen molar-refractivity contribution in [2.24, 2.45) is 0 Å². The summed E-state index contributed by atoms with van der Waals surface area (Å²) in [5.74, 6) is 0.519. The highest BCUT2D eigenvalue weighted by molar-refractivity contribution is 7.80. The van der Waals surface area contributed by atoms with Crippen LogP contribution in [0.1, 0.15) is 56.6 Å². The first-order valence-electron chi connectivity index (χ1n) is 9.48. The van der Waals surface area contributed by atoms with Crippen molar-refractivity contribution in [2.45, 2.75) is 51.0 Å². The van der Waals surface area contributed by atoms with Gasteiger partial charge < -0.3 is 0 Å². The fraction of sp³-hybridized carbons (Fsp3) is 0.400. The minimum Gasteiger partial charge on any atom is -0.278 e. The summed E-state index contributed by atoms with van der Waals surface area (Å²) in [5, 5.41) is 8.31. The number of fused-ring (bicyclic) bond motifs is 1. The van der Waals surface area contributed by atoms with Gasteiger partial charge in [-0.15, -0.1) is 0 Å². The van der Waals surface area contributed by atoms with Crippen LogP contribution in [0, 0.1) is 0 Å². The molecule has 0 saturated heterocycles. The number of hydrogen-bond acceptors (Lipinski definition) is 5. The monoisotopic (exact) mass is 401 g/mol. The number of rotatable bonds is 7. The third-order valence-corrected chi connectivity index (χ3v) is 6.15. The maximum absolute atomic E-state index is 11.4. The number of H-pyrrole nitrogens is 1. The zero-order chi connectivity index (χ0) is 19.9. The molecule has 0 aliphatic heterocycles. The smallest absolute Gasteiger partial charge is 0.278 e. The summed E-state index contributed by atoms with van der Waals surface area (Å²) in [5.41, 5.74) is 3.65. The molecule has 148 valence electrons. The van der Waals surface area contributed by atoms with Crippen molar-refractivity contribution >= 4 is 21.3 Å². The molecule has 2 aromatic heterocycles. The maximum Gasteiger partial charge on any atom is 0.398 e. The lowest BCUT2D eigenvalue weighted by atomic mass is 9.89. The Morgan fingerprint density at radius 1 is 1.18 bits per heavy atom. The molecule has 1 fully saturated rings. The Bertz CT molecular complexity index is 1100. The van der Waals surface area contributed by atoms with E-state index in [9.17, 15) is 13.0 Å². The Kier molecular flexibility index (Phi) is 4.73. The summed E-state index contributed by atoms with van der Waals surface area (Å²) in [4.78, 5) is 4.62. The van der Waals surface area contributed by atoms with Crippen LogP contribution in [0.15, 0.2) is 36.7 Å². The quantitative estimate of drug-likeness (QED) is 0.571. The lowest BCUT2D eigenvalue weighted by Gasteiger charge is -2.29. The SMILES string of the molecule is CCC(CC)(OS(=O)(=O)O)c1ccc(-c2ccc3[nH]ncc3c2C2CC2)nc1. The van der Waals surface area contributed by atoms with E-state index in [0.717, 1.165) is 35.0 Å². The van der Waals surface area contributed by atoms with Gasteiger partial charge in [-0.3, -0.25) is 14.6 Å². The molecule has 28 heavy (non-hydrogen) atoms. The zero-order valence-electron chi connectivity index (χ0n) is 15.8. The van der Waals surface area contributed by atoms with Gasteiger partial charge in [-0.25, -0.2) is 4.18 Å². The van der Waals surface area contributed by atoms with Gasteiger partial charge in [0.15, 0.2) is 0 Å². The molecule has 0 spiro atoms. The summed E-state index contributed by atoms with van der Waals surface area (Å²) in [6.07, 6.45) is 6.60. The number of pyridine rings is 1. The van der Waals surface area contributed by atoms with Gasteiger partial charge in [-0.1, -0.05) is 26.0 Å². The highest BCUT2D eigenvalue weighted by Gasteiger charge is 2.35. The molecule has 3 aromatic rings. The van der Waals surface area contributed by atoms with Gasteiger partial charge in [-0.05, 0) is 49.3 Å². The summed E-state index contributed by atoms with van der Waals surface area (Å²) >= 11 is 0. The molecular formula is C20H23N3O4S. The molecule has 1 saturated carbocycles. The molecule has 1 aromatic carbocycles. The van der Waals surface area contributed by atoms with E-state index in [-0.39, 0.29) is 0 Å². The second-order valence-corrected chi connectivity index (χ2v) is 8.30. The highest BCUT2D eigenvalue weighted by atomic mass is 32.3. The fourth-order valence-electron chi connectivity index (χ4n) is 3.92. The standard InChI is InChI=1S/C20H23N3O4S/c1-3-20(4-2,27-28(24,25)26)14-7-9-17(21-11-14)15-8-10-18-16(12-22-23-18)19(15)13-5-6-13/h7-13H,3-6H2,1-2H3,(H,22,23)(H,24,25,26). The van der Waals surface area contributed by atoms with Crippen molar-refractivity contribution < 1.29 is 17.2 Å². The van der Waals surface area contributed by atoms with Crippen molar-refractivity contribution in [1.29, 1.82) is 0 Å². The third-order valence-electron chi connectivity index (χ3n) is 5.62. The minimum absolute atomic E-state index is 0.388. The van der Waals surface area contributed by atoms with Crippen LogP contribution < -0.4 is 0 Å². The highest BCUT2D eigenvalue weighted by Crippen LogP contribution is 2.47. The first kappa shape index (κ1) is 19.0. The van der Waals surface area contributed by atoms with Crippen LogP contribution >= 0.6 is 0 Å². The van der Waals surface area contributed by atoms with Crippen LogP contribution in [0.5, 0.6) is 0 Å². The molecule has 0 amide bonds. The zero-order valence-corrected chi connectivity index (χ0v) is 16.7. The van der Waals surface area contributed by atoms with E-state index in [4.69, 9.17) is 4.18 Å². The van der Waals surface area contributed by atoms with Crippen molar-refractivity contribution in [3.05, 3.63) is 47.8 Å². The molecular weight excluding hydrogens is 378 g/mol. The molecule has 1 aliphatic rings. The van der Waals surface area contributed by atoms with E-state index in [0.29, 0.717) is 24.3 Å². The van der Waals surface area contributed by atoms with E-state index in [1.807, 2.05) is 38.2 Å². The average molecular weight is 401 g/mol. The van der Waals surface area contributed by atoms with Crippen molar-refractivity contribution in [1.82, 2.24) is 15.2 Å². The number of aromatic nitrogens is 3. The van der Waals surface area contributed by atoms with Crippen LogP contribution in [-0.4, -0.2) is 28.2 Å². The van der Waals surface area contributed by atoms with Gasteiger partial charge in [0.2, 0.25) is 0 Å². The molecule has 8 heteroatoms. The molecule has 2 heterocycles. The van der Waals surface area contributed by atoms with Crippen LogP contribution in [0.4, 0.5) is 0 Å². The Morgan fingerprint density at radius 2 is 1.93 bits per heavy atom. The fourth-order valence-corrected chi connectivity index (χ4v) is 4.66. The van der Waals surface area contributed by atoms with Crippen molar-refractivity contribution in [3.63, 3.8) is 0 Å². The largest absolute Gasteiger partial charge is 0.398 e. The molecule has 0 atom stereocenters. The lowest BCUT2D eigenvalue weighted by Crippen LogP contribution is -2.31. The van der Waals surface area contributed by atoms with Crippen LogP contribution in [0.25, 0.3) is 22.2 Å². The van der Waals surface area contributed by atoms with E-state index in [1.165, 1.54) is 5.56 Å². The topological polar surface area (TPSA) is 105 Å². The van der Waals surface area contributed by atoms with Gasteiger partial charge in [0.05, 0.1) is 17.4 Å². The van der Waals surface area contributed by atoms with E-state index >= 15 is 0 Å². The third kappa shape index (κ3) is 3.43. The minimum atomic E-state index is -4.58. The lowest BCUT2D eigenvalue weighted by molar-refractivity contribution is 0.0507. The van der Waals surface area contributed by atoms with E-state index in [1.54, 1.807) is 6.20 Å². The Morgan fingerprint density at radius 3 is 2.50 bits per heavy atom. The normalized spacial score (nSPS) is 15.2. The Hall–Kier alpha value is -2.29. The predicted octanol–water partition coefficient (Wildman–Crippen LogP) is 4.34. The van der Waals surface area contributed by atoms with Gasteiger partial charge in [0.1, 0.15) is 5.60 Å². The first-order valence-corrected chi connectivity index (χ1v) is 10.8. The molecule has 7 nitrogen and oxygen atoms in total. The number of benzene rings is 1. The van der Waals surface area contributed by atoms with Crippen molar-refractivity contribution in [2.75, 3.05) is 0 Å². The molecule has 0 bridgehead atoms. The second kappa shape index (κ2) is 6.95. The Labute approximate surface area is 164 Å². The van der Waals surface area contributed by atoms with E-state index in [2.05, 4.69) is 21.2 Å². The molecule has 2 N–H and O–H groups in total. The number of hydrogen-bond donors (Lipinski definition) is 2. The molecule has 1 aliphatic carbocycles. The van der Waals surface area contributed by atoms with Gasteiger partial charge in [0, 0.05) is 22.7 Å². The summed E-state index contributed by atoms with van der Waals surface area (Å²) in [6.45, 7) is 3.64. The number of nitrogens with one attached hydrogen (secondary N) is 1. The molecule has 0 unspecified atom stereocenters. The molecule has 4 rings (SSSR count). The maximum atomic E-state index is 11.4. The first-order chi connectivity index (χ1) is 13.4. The Balaban J connectivity index is 1.76. The van der Waals surface area contributed by atoms with Gasteiger partial charge in [0.25, 0.3) is 0 Å². The molecule has 0 radical (unpaired) electrons. The van der Waals surface area contributed by atoms with Crippen LogP contribution in [0.2, 0.25) is 0 Å². The van der Waals surface area contributed by atoms with Crippen LogP contribution in [0.3, 0.4) is 0 Å². The van der Waals surface area contributed by atoms with Gasteiger partial charge >= 0.3 is 10.4 Å².